The quantitative estimate of drug-likeness (QED) is 0.676. The molecule has 0 spiro atoms. The summed E-state index contributed by atoms with van der Waals surface area (Å²) in [5, 5.41) is 10.6. The topological polar surface area (TPSA) is 84.3 Å². The molecule has 1 aromatic heterocycles. The number of carbonyl (C=O) groups is 1. The number of anilines is 2. The van der Waals surface area contributed by atoms with E-state index in [-0.39, 0.29) is 5.91 Å². The summed E-state index contributed by atoms with van der Waals surface area (Å²) in [4.78, 5) is 25.0. The van der Waals surface area contributed by atoms with Crippen LogP contribution in [-0.4, -0.2) is 71.5 Å². The van der Waals surface area contributed by atoms with Crippen LogP contribution in [0.4, 0.5) is 11.5 Å². The van der Waals surface area contributed by atoms with Crippen LogP contribution in [0.15, 0.2) is 59.7 Å². The smallest absolute Gasteiger partial charge is 0.254 e. The zero-order valence-electron chi connectivity index (χ0n) is 17.8. The minimum Gasteiger partial charge on any atom is -0.336 e. The first-order valence-electron chi connectivity index (χ1n) is 10.5. The Morgan fingerprint density at radius 1 is 1.19 bits per heavy atom. The lowest BCUT2D eigenvalue weighted by atomic mass is 10.1. The maximum atomic E-state index is 13.0. The van der Waals surface area contributed by atoms with E-state index in [1.54, 1.807) is 0 Å². The average Bonchev–Trinajstić information content (AvgIpc) is 3.42. The molecule has 5 rings (SSSR count). The molecule has 1 unspecified atom stereocenters. The summed E-state index contributed by atoms with van der Waals surface area (Å²) in [6, 6.07) is 9.81. The maximum absolute atomic E-state index is 13.0. The molecular weight excluding hydrogens is 392 g/mol. The SMILES string of the molecule is Cc1cc(NC2=CN(c3cccc(C(=O)N4CCN(C)CC4)c3)CC3=NC=C[NH+]23)n[nH]1. The van der Waals surface area contributed by atoms with Crippen LogP contribution in [0.3, 0.4) is 0 Å². The third kappa shape index (κ3) is 3.97. The van der Waals surface area contributed by atoms with Gasteiger partial charge >= 0.3 is 0 Å². The number of benzene rings is 1. The van der Waals surface area contributed by atoms with Crippen molar-refractivity contribution in [2.45, 2.75) is 6.92 Å². The van der Waals surface area contributed by atoms with Gasteiger partial charge in [-0.1, -0.05) is 6.07 Å². The molecule has 0 radical (unpaired) electrons. The predicted molar refractivity (Wildman–Crippen MR) is 120 cm³/mol. The van der Waals surface area contributed by atoms with E-state index in [9.17, 15) is 4.79 Å². The number of likely N-dealkylation sites (N-methyl/N-ethyl adjacent to an activating group) is 1. The molecule has 160 valence electrons. The maximum Gasteiger partial charge on any atom is 0.254 e. The van der Waals surface area contributed by atoms with Crippen LogP contribution >= 0.6 is 0 Å². The third-order valence-corrected chi connectivity index (χ3v) is 5.86. The molecule has 3 aliphatic rings. The molecule has 1 amide bonds. The van der Waals surface area contributed by atoms with Crippen molar-refractivity contribution in [3.63, 3.8) is 0 Å². The van der Waals surface area contributed by atoms with E-state index in [1.165, 1.54) is 0 Å². The summed E-state index contributed by atoms with van der Waals surface area (Å²) in [6.45, 7) is 5.97. The number of amides is 1. The van der Waals surface area contributed by atoms with Gasteiger partial charge in [0.1, 0.15) is 12.7 Å². The summed E-state index contributed by atoms with van der Waals surface area (Å²) in [5.74, 6) is 2.78. The molecule has 9 heteroatoms. The van der Waals surface area contributed by atoms with Gasteiger partial charge in [0.2, 0.25) is 11.7 Å². The van der Waals surface area contributed by atoms with Gasteiger partial charge in [-0.15, -0.1) is 0 Å². The Bertz CT molecular complexity index is 1080. The van der Waals surface area contributed by atoms with Crippen LogP contribution in [-0.2, 0) is 0 Å². The lowest BCUT2D eigenvalue weighted by Crippen LogP contribution is -3.10. The summed E-state index contributed by atoms with van der Waals surface area (Å²) < 4.78 is 0. The number of quaternary nitrogens is 1. The molecule has 0 bridgehead atoms. The van der Waals surface area contributed by atoms with E-state index in [1.807, 2.05) is 54.6 Å². The zero-order valence-corrected chi connectivity index (χ0v) is 17.8. The van der Waals surface area contributed by atoms with Gasteiger partial charge in [-0.25, -0.2) is 9.89 Å². The molecule has 3 N–H and O–H groups in total. The average molecular weight is 420 g/mol. The van der Waals surface area contributed by atoms with Crippen LogP contribution in [0.1, 0.15) is 16.1 Å². The number of nitrogens with one attached hydrogen (secondary N) is 3. The lowest BCUT2D eigenvalue weighted by Gasteiger charge is -2.33. The van der Waals surface area contributed by atoms with Crippen LogP contribution in [0.5, 0.6) is 0 Å². The van der Waals surface area contributed by atoms with Crippen LogP contribution in [0.2, 0.25) is 0 Å². The number of carbonyl (C=O) groups excluding carboxylic acids is 1. The van der Waals surface area contributed by atoms with Gasteiger partial charge in [-0.3, -0.25) is 15.2 Å². The number of aromatic amines is 1. The highest BCUT2D eigenvalue weighted by Crippen LogP contribution is 2.21. The van der Waals surface area contributed by atoms with E-state index < -0.39 is 0 Å². The second-order valence-corrected chi connectivity index (χ2v) is 8.18. The van der Waals surface area contributed by atoms with Gasteiger partial charge in [0.05, 0.1) is 12.4 Å². The summed E-state index contributed by atoms with van der Waals surface area (Å²) in [7, 11) is 2.09. The van der Waals surface area contributed by atoms with E-state index in [2.05, 4.69) is 43.6 Å². The molecule has 1 atom stereocenters. The van der Waals surface area contributed by atoms with E-state index in [0.29, 0.717) is 12.1 Å². The fourth-order valence-corrected chi connectivity index (χ4v) is 4.07. The van der Waals surface area contributed by atoms with E-state index >= 15 is 0 Å². The number of rotatable bonds is 4. The van der Waals surface area contributed by atoms with Crippen LogP contribution in [0.25, 0.3) is 0 Å². The van der Waals surface area contributed by atoms with Crippen molar-refractivity contribution in [1.82, 2.24) is 20.0 Å². The van der Waals surface area contributed by atoms with Gasteiger partial charge in [0.15, 0.2) is 5.82 Å². The Kier molecular flexibility index (Phi) is 5.05. The number of aliphatic imine (C=N–C) groups is 1. The molecule has 9 nitrogen and oxygen atoms in total. The number of fused-ring (bicyclic) bond motifs is 1. The van der Waals surface area contributed by atoms with Crippen molar-refractivity contribution < 1.29 is 9.69 Å². The van der Waals surface area contributed by atoms with Crippen molar-refractivity contribution in [2.24, 2.45) is 4.99 Å². The second kappa shape index (κ2) is 8.01. The number of H-pyrrole nitrogens is 1. The zero-order chi connectivity index (χ0) is 21.4. The standard InChI is InChI=1S/C22H26N8O/c1-16-12-19(26-25-16)24-21-15-29(14-20-23-6-7-30(20)21)18-5-3-4-17(13-18)22(31)28-10-8-27(2)9-11-28/h3-7,12-13,15H,8-11,14H2,1-2H3,(H2,24,25,26)/p+1. The van der Waals surface area contributed by atoms with Crippen LogP contribution < -0.4 is 15.1 Å². The largest absolute Gasteiger partial charge is 0.336 e. The highest BCUT2D eigenvalue weighted by atomic mass is 16.2. The Hall–Kier alpha value is -3.43. The molecule has 0 saturated carbocycles. The number of aryl methyl sites for hydroxylation is 1. The van der Waals surface area contributed by atoms with Gasteiger partial charge in [0, 0.05) is 49.2 Å². The van der Waals surface area contributed by atoms with Gasteiger partial charge < -0.3 is 14.7 Å². The van der Waals surface area contributed by atoms with E-state index in [4.69, 9.17) is 0 Å². The summed E-state index contributed by atoms with van der Waals surface area (Å²) in [5.41, 5.74) is 2.67. The molecule has 1 saturated heterocycles. The monoisotopic (exact) mass is 419 g/mol. The highest BCUT2D eigenvalue weighted by molar-refractivity contribution is 5.95. The number of hydrogen-bond donors (Lipinski definition) is 3. The van der Waals surface area contributed by atoms with Crippen molar-refractivity contribution in [1.29, 1.82) is 0 Å². The molecule has 4 heterocycles. The number of aromatic nitrogens is 2. The first kappa shape index (κ1) is 19.5. The Morgan fingerprint density at radius 2 is 2.03 bits per heavy atom. The van der Waals surface area contributed by atoms with Gasteiger partial charge in [-0.2, -0.15) is 5.10 Å². The van der Waals surface area contributed by atoms with Gasteiger partial charge in [-0.05, 0) is 32.2 Å². The number of amidine groups is 1. The molecule has 1 fully saturated rings. The number of piperazine rings is 1. The van der Waals surface area contributed by atoms with Crippen LogP contribution in [0, 0.1) is 6.92 Å². The lowest BCUT2D eigenvalue weighted by molar-refractivity contribution is -0.698. The van der Waals surface area contributed by atoms with Crippen molar-refractivity contribution in [2.75, 3.05) is 50.0 Å². The third-order valence-electron chi connectivity index (χ3n) is 5.86. The predicted octanol–water partition coefficient (Wildman–Crippen LogP) is 0.605. The second-order valence-electron chi connectivity index (χ2n) is 8.18. The van der Waals surface area contributed by atoms with Crippen molar-refractivity contribution in [3.8, 4) is 0 Å². The normalized spacial score (nSPS) is 21.0. The number of hydrogen-bond acceptors (Lipinski definition) is 6. The minimum absolute atomic E-state index is 0.0911. The van der Waals surface area contributed by atoms with E-state index in [0.717, 1.165) is 59.9 Å². The fraction of sp³-hybridized carbons (Fsp3) is 0.318. The fourth-order valence-electron chi connectivity index (χ4n) is 4.07. The molecule has 1 aromatic carbocycles. The molecule has 0 aliphatic carbocycles. The minimum atomic E-state index is 0.0911. The first-order chi connectivity index (χ1) is 15.1. The van der Waals surface area contributed by atoms with Gasteiger partial charge in [0.25, 0.3) is 5.91 Å². The summed E-state index contributed by atoms with van der Waals surface area (Å²) in [6.07, 6.45) is 5.90. The first-order valence-corrected chi connectivity index (χ1v) is 10.5. The highest BCUT2D eigenvalue weighted by Gasteiger charge is 2.32. The molecular formula is C22H27N8O+. The number of nitrogens with zero attached hydrogens (tertiary/aromatic N) is 5. The van der Waals surface area contributed by atoms with Crippen molar-refractivity contribution >= 4 is 23.2 Å². The summed E-state index contributed by atoms with van der Waals surface area (Å²) >= 11 is 0. The molecule has 2 aromatic rings. The Balaban J connectivity index is 1.40. The van der Waals surface area contributed by atoms with Crippen molar-refractivity contribution in [3.05, 3.63) is 66.0 Å². The molecule has 3 aliphatic heterocycles. The molecule has 31 heavy (non-hydrogen) atoms. The Morgan fingerprint density at radius 3 is 2.81 bits per heavy atom. The Labute approximate surface area is 181 Å².